The van der Waals surface area contributed by atoms with Gasteiger partial charge in [0.25, 0.3) is 5.91 Å². The van der Waals surface area contributed by atoms with Crippen LogP contribution in [0, 0.1) is 0 Å². The fourth-order valence-corrected chi connectivity index (χ4v) is 3.16. The zero-order valence-corrected chi connectivity index (χ0v) is 13.3. The minimum Gasteiger partial charge on any atom is -0.345 e. The second kappa shape index (κ2) is 6.35. The van der Waals surface area contributed by atoms with Crippen molar-refractivity contribution in [3.8, 4) is 0 Å². The number of amides is 1. The Labute approximate surface area is 132 Å². The molecule has 2 nitrogen and oxygen atoms in total. The Hall–Kier alpha value is -2.09. The highest BCUT2D eigenvalue weighted by Gasteiger charge is 2.21. The molecule has 1 amide bonds. The van der Waals surface area contributed by atoms with E-state index >= 15 is 0 Å². The summed E-state index contributed by atoms with van der Waals surface area (Å²) in [6, 6.07) is 16.5. The highest BCUT2D eigenvalue weighted by Crippen LogP contribution is 2.29. The summed E-state index contributed by atoms with van der Waals surface area (Å²) < 4.78 is 0. The molecule has 0 heterocycles. The van der Waals surface area contributed by atoms with Crippen LogP contribution in [0.1, 0.15) is 65.7 Å². The van der Waals surface area contributed by atoms with Gasteiger partial charge in [0.15, 0.2) is 0 Å². The Morgan fingerprint density at radius 2 is 1.82 bits per heavy atom. The summed E-state index contributed by atoms with van der Waals surface area (Å²) in [6.45, 7) is 4.32. The van der Waals surface area contributed by atoms with Crippen molar-refractivity contribution in [2.45, 2.75) is 45.1 Å². The van der Waals surface area contributed by atoms with Crippen LogP contribution in [0.4, 0.5) is 0 Å². The molecule has 22 heavy (non-hydrogen) atoms. The van der Waals surface area contributed by atoms with Gasteiger partial charge in [-0.25, -0.2) is 0 Å². The summed E-state index contributed by atoms with van der Waals surface area (Å²) in [6.07, 6.45) is 3.27. The molecule has 2 aromatic carbocycles. The van der Waals surface area contributed by atoms with E-state index in [1.54, 1.807) is 0 Å². The third-order valence-corrected chi connectivity index (χ3v) is 4.51. The molecule has 1 atom stereocenters. The van der Waals surface area contributed by atoms with Crippen LogP contribution in [-0.4, -0.2) is 5.91 Å². The normalized spacial score (nSPS) is 17.1. The number of carbonyl (C=O) groups excluding carboxylic acids is 1. The minimum atomic E-state index is 0.0250. The van der Waals surface area contributed by atoms with Crippen molar-refractivity contribution in [3.63, 3.8) is 0 Å². The number of nitrogens with one attached hydrogen (secondary N) is 1. The molecule has 1 aliphatic rings. The van der Waals surface area contributed by atoms with Crippen LogP contribution in [0.25, 0.3) is 0 Å². The molecular formula is C20H23NO. The molecule has 0 bridgehead atoms. The van der Waals surface area contributed by atoms with Crippen LogP contribution >= 0.6 is 0 Å². The standard InChI is InChI=1S/C20H23NO/c1-14(2)15-10-12-17(13-11-15)20(22)21-19-9-5-7-16-6-3-4-8-18(16)19/h3-4,6,8,10-14,19H,5,7,9H2,1-2H3,(H,21,22). The van der Waals surface area contributed by atoms with Crippen molar-refractivity contribution < 1.29 is 4.79 Å². The molecule has 0 saturated carbocycles. The van der Waals surface area contributed by atoms with E-state index in [1.807, 2.05) is 24.3 Å². The second-order valence-electron chi connectivity index (χ2n) is 6.39. The van der Waals surface area contributed by atoms with Gasteiger partial charge in [-0.1, -0.05) is 50.2 Å². The lowest BCUT2D eigenvalue weighted by Gasteiger charge is -2.26. The van der Waals surface area contributed by atoms with Crippen LogP contribution in [-0.2, 0) is 6.42 Å². The number of fused-ring (bicyclic) bond motifs is 1. The minimum absolute atomic E-state index is 0.0250. The van der Waals surface area contributed by atoms with E-state index in [4.69, 9.17) is 0 Å². The van der Waals surface area contributed by atoms with Gasteiger partial charge < -0.3 is 5.32 Å². The van der Waals surface area contributed by atoms with Gasteiger partial charge in [0.1, 0.15) is 0 Å². The first-order chi connectivity index (χ1) is 10.6. The van der Waals surface area contributed by atoms with Gasteiger partial charge in [-0.15, -0.1) is 0 Å². The monoisotopic (exact) mass is 293 g/mol. The molecule has 0 aromatic heterocycles. The van der Waals surface area contributed by atoms with Gasteiger partial charge in [-0.3, -0.25) is 4.79 Å². The maximum Gasteiger partial charge on any atom is 0.251 e. The molecule has 0 saturated heterocycles. The quantitative estimate of drug-likeness (QED) is 0.879. The zero-order valence-electron chi connectivity index (χ0n) is 13.3. The van der Waals surface area contributed by atoms with Crippen molar-refractivity contribution in [1.29, 1.82) is 0 Å². The van der Waals surface area contributed by atoms with E-state index in [0.29, 0.717) is 5.92 Å². The summed E-state index contributed by atoms with van der Waals surface area (Å²) in [7, 11) is 0. The zero-order chi connectivity index (χ0) is 15.5. The topological polar surface area (TPSA) is 29.1 Å². The molecule has 0 aliphatic heterocycles. The van der Waals surface area contributed by atoms with Crippen LogP contribution in [0.2, 0.25) is 0 Å². The van der Waals surface area contributed by atoms with Crippen LogP contribution in [0.3, 0.4) is 0 Å². The van der Waals surface area contributed by atoms with E-state index in [9.17, 15) is 4.79 Å². The maximum atomic E-state index is 12.5. The molecule has 3 rings (SSSR count). The average Bonchev–Trinajstić information content (AvgIpc) is 2.55. The highest BCUT2D eigenvalue weighted by molar-refractivity contribution is 5.94. The van der Waals surface area contributed by atoms with E-state index in [0.717, 1.165) is 24.8 Å². The Balaban J connectivity index is 1.75. The first-order valence-corrected chi connectivity index (χ1v) is 8.14. The Bertz CT molecular complexity index is 658. The molecule has 114 valence electrons. The molecule has 1 aliphatic carbocycles. The molecule has 0 radical (unpaired) electrons. The summed E-state index contributed by atoms with van der Waals surface area (Å²) in [4.78, 5) is 12.5. The van der Waals surface area contributed by atoms with Gasteiger partial charge in [0, 0.05) is 5.56 Å². The second-order valence-corrected chi connectivity index (χ2v) is 6.39. The Kier molecular flexibility index (Phi) is 4.28. The molecule has 0 fully saturated rings. The predicted molar refractivity (Wildman–Crippen MR) is 90.1 cm³/mol. The van der Waals surface area contributed by atoms with Crippen molar-refractivity contribution in [2.24, 2.45) is 0 Å². The maximum absolute atomic E-state index is 12.5. The van der Waals surface area contributed by atoms with Gasteiger partial charge in [-0.05, 0) is 54.0 Å². The molecule has 2 aromatic rings. The predicted octanol–water partition coefficient (Wildman–Crippen LogP) is 4.62. The summed E-state index contributed by atoms with van der Waals surface area (Å²) in [5.41, 5.74) is 4.65. The number of rotatable bonds is 3. The first kappa shape index (κ1) is 14.8. The van der Waals surface area contributed by atoms with Gasteiger partial charge in [-0.2, -0.15) is 0 Å². The van der Waals surface area contributed by atoms with E-state index in [1.165, 1.54) is 16.7 Å². The molecule has 0 spiro atoms. The fraction of sp³-hybridized carbons (Fsp3) is 0.350. The largest absolute Gasteiger partial charge is 0.345 e. The molecule has 1 unspecified atom stereocenters. The summed E-state index contributed by atoms with van der Waals surface area (Å²) in [5.74, 6) is 0.513. The van der Waals surface area contributed by atoms with Crippen LogP contribution < -0.4 is 5.32 Å². The van der Waals surface area contributed by atoms with E-state index in [2.05, 4.69) is 43.4 Å². The lowest BCUT2D eigenvalue weighted by atomic mass is 9.87. The Morgan fingerprint density at radius 3 is 2.55 bits per heavy atom. The number of carbonyl (C=O) groups is 1. The third-order valence-electron chi connectivity index (χ3n) is 4.51. The first-order valence-electron chi connectivity index (χ1n) is 8.14. The summed E-state index contributed by atoms with van der Waals surface area (Å²) in [5, 5.41) is 3.20. The Morgan fingerprint density at radius 1 is 1.09 bits per heavy atom. The van der Waals surface area contributed by atoms with Crippen LogP contribution in [0.5, 0.6) is 0 Å². The summed E-state index contributed by atoms with van der Waals surface area (Å²) >= 11 is 0. The van der Waals surface area contributed by atoms with Gasteiger partial charge >= 0.3 is 0 Å². The number of aryl methyl sites for hydroxylation is 1. The molecule has 2 heteroatoms. The lowest BCUT2D eigenvalue weighted by Crippen LogP contribution is -2.30. The van der Waals surface area contributed by atoms with Crippen molar-refractivity contribution in [2.75, 3.05) is 0 Å². The van der Waals surface area contributed by atoms with Crippen molar-refractivity contribution in [3.05, 3.63) is 70.8 Å². The molecule has 1 N–H and O–H groups in total. The van der Waals surface area contributed by atoms with Crippen LogP contribution in [0.15, 0.2) is 48.5 Å². The number of hydrogen-bond acceptors (Lipinski definition) is 1. The van der Waals surface area contributed by atoms with Gasteiger partial charge in [0.05, 0.1) is 6.04 Å². The lowest BCUT2D eigenvalue weighted by molar-refractivity contribution is 0.0932. The SMILES string of the molecule is CC(C)c1ccc(C(=O)NC2CCCc3ccccc32)cc1. The van der Waals surface area contributed by atoms with Gasteiger partial charge in [0.2, 0.25) is 0 Å². The van der Waals surface area contributed by atoms with E-state index < -0.39 is 0 Å². The fourth-order valence-electron chi connectivity index (χ4n) is 3.16. The number of hydrogen-bond donors (Lipinski definition) is 1. The third kappa shape index (κ3) is 3.06. The molecular weight excluding hydrogens is 270 g/mol. The highest BCUT2D eigenvalue weighted by atomic mass is 16.1. The smallest absolute Gasteiger partial charge is 0.251 e. The van der Waals surface area contributed by atoms with E-state index in [-0.39, 0.29) is 11.9 Å². The van der Waals surface area contributed by atoms with Crippen molar-refractivity contribution >= 4 is 5.91 Å². The number of benzene rings is 2. The average molecular weight is 293 g/mol. The van der Waals surface area contributed by atoms with Crippen molar-refractivity contribution in [1.82, 2.24) is 5.32 Å².